The standard InChI is InChI=1S/C17H16N4O3S/c22-15(19-8-6-12-4-1-2-7-18-12)10-13-11-25-17(20-13)21-16(23)14-5-3-9-24-14/h1-5,7,9,11H,6,8,10H2,(H,19,22)(H,20,21,23). The highest BCUT2D eigenvalue weighted by Gasteiger charge is 2.12. The molecule has 0 saturated carbocycles. The van der Waals surface area contributed by atoms with Gasteiger partial charge in [-0.3, -0.25) is 19.9 Å². The van der Waals surface area contributed by atoms with Crippen molar-refractivity contribution in [1.82, 2.24) is 15.3 Å². The van der Waals surface area contributed by atoms with Crippen molar-refractivity contribution in [3.8, 4) is 0 Å². The van der Waals surface area contributed by atoms with Crippen molar-refractivity contribution in [3.63, 3.8) is 0 Å². The minimum atomic E-state index is -0.370. The van der Waals surface area contributed by atoms with Crippen LogP contribution >= 0.6 is 11.3 Å². The molecule has 3 aromatic rings. The first-order valence-corrected chi connectivity index (χ1v) is 8.54. The average Bonchev–Trinajstić information content (AvgIpc) is 3.28. The molecule has 0 atom stereocenters. The van der Waals surface area contributed by atoms with Crippen LogP contribution in [0, 0.1) is 0 Å². The number of thiazole rings is 1. The molecule has 0 saturated heterocycles. The fourth-order valence-corrected chi connectivity index (χ4v) is 2.82. The number of carbonyl (C=O) groups is 2. The summed E-state index contributed by atoms with van der Waals surface area (Å²) in [6, 6.07) is 8.89. The van der Waals surface area contributed by atoms with Gasteiger partial charge in [0.25, 0.3) is 5.91 Å². The van der Waals surface area contributed by atoms with Gasteiger partial charge in [-0.15, -0.1) is 11.3 Å². The maximum absolute atomic E-state index is 12.0. The number of hydrogen-bond acceptors (Lipinski definition) is 6. The second-order valence-electron chi connectivity index (χ2n) is 5.17. The lowest BCUT2D eigenvalue weighted by Crippen LogP contribution is -2.27. The molecule has 3 aromatic heterocycles. The lowest BCUT2D eigenvalue weighted by atomic mass is 10.2. The van der Waals surface area contributed by atoms with Gasteiger partial charge in [0.05, 0.1) is 18.4 Å². The zero-order valence-corrected chi connectivity index (χ0v) is 14.1. The normalized spacial score (nSPS) is 10.4. The first-order chi connectivity index (χ1) is 12.2. The molecule has 7 nitrogen and oxygen atoms in total. The van der Waals surface area contributed by atoms with E-state index in [9.17, 15) is 9.59 Å². The molecule has 8 heteroatoms. The predicted molar refractivity (Wildman–Crippen MR) is 93.4 cm³/mol. The summed E-state index contributed by atoms with van der Waals surface area (Å²) in [5, 5.41) is 7.65. The molecule has 2 amide bonds. The van der Waals surface area contributed by atoms with E-state index in [4.69, 9.17) is 4.42 Å². The van der Waals surface area contributed by atoms with Crippen molar-refractivity contribution in [3.05, 3.63) is 65.3 Å². The van der Waals surface area contributed by atoms with Crippen molar-refractivity contribution in [1.29, 1.82) is 0 Å². The van der Waals surface area contributed by atoms with Gasteiger partial charge in [-0.05, 0) is 24.3 Å². The van der Waals surface area contributed by atoms with Crippen molar-refractivity contribution in [2.75, 3.05) is 11.9 Å². The van der Waals surface area contributed by atoms with E-state index in [-0.39, 0.29) is 24.0 Å². The van der Waals surface area contributed by atoms with Gasteiger partial charge in [0, 0.05) is 30.2 Å². The summed E-state index contributed by atoms with van der Waals surface area (Å²) < 4.78 is 5.02. The number of nitrogens with one attached hydrogen (secondary N) is 2. The van der Waals surface area contributed by atoms with E-state index in [1.807, 2.05) is 18.2 Å². The van der Waals surface area contributed by atoms with Crippen LogP contribution in [0.2, 0.25) is 0 Å². The van der Waals surface area contributed by atoms with E-state index in [1.165, 1.54) is 17.6 Å². The molecule has 0 bridgehead atoms. The second kappa shape index (κ2) is 8.20. The average molecular weight is 356 g/mol. The smallest absolute Gasteiger partial charge is 0.293 e. The molecule has 3 rings (SSSR count). The highest BCUT2D eigenvalue weighted by atomic mass is 32.1. The van der Waals surface area contributed by atoms with Gasteiger partial charge >= 0.3 is 0 Å². The first kappa shape index (κ1) is 16.8. The van der Waals surface area contributed by atoms with Gasteiger partial charge in [-0.2, -0.15) is 0 Å². The zero-order chi connectivity index (χ0) is 17.5. The molecule has 3 heterocycles. The van der Waals surface area contributed by atoms with Crippen LogP contribution in [-0.2, 0) is 17.6 Å². The fraction of sp³-hybridized carbons (Fsp3) is 0.176. The molecule has 0 aliphatic carbocycles. The lowest BCUT2D eigenvalue weighted by molar-refractivity contribution is -0.120. The Kier molecular flexibility index (Phi) is 5.53. The summed E-state index contributed by atoms with van der Waals surface area (Å²) in [5.41, 5.74) is 1.54. The third-order valence-electron chi connectivity index (χ3n) is 3.29. The van der Waals surface area contributed by atoms with Gasteiger partial charge < -0.3 is 9.73 Å². The Morgan fingerprint density at radius 3 is 2.84 bits per heavy atom. The molecular weight excluding hydrogens is 340 g/mol. The topological polar surface area (TPSA) is 97.1 Å². The van der Waals surface area contributed by atoms with Gasteiger partial charge in [0.15, 0.2) is 10.9 Å². The van der Waals surface area contributed by atoms with Crippen LogP contribution in [0.3, 0.4) is 0 Å². The summed E-state index contributed by atoms with van der Waals surface area (Å²) in [7, 11) is 0. The Hall–Kier alpha value is -3.00. The third kappa shape index (κ3) is 4.98. The third-order valence-corrected chi connectivity index (χ3v) is 4.09. The Morgan fingerprint density at radius 2 is 2.08 bits per heavy atom. The highest BCUT2D eigenvalue weighted by Crippen LogP contribution is 2.17. The molecule has 0 spiro atoms. The maximum Gasteiger partial charge on any atom is 0.293 e. The van der Waals surface area contributed by atoms with Crippen molar-refractivity contribution < 1.29 is 14.0 Å². The van der Waals surface area contributed by atoms with Crippen LogP contribution in [0.4, 0.5) is 5.13 Å². The Morgan fingerprint density at radius 1 is 1.16 bits per heavy atom. The number of hydrogen-bond donors (Lipinski definition) is 2. The van der Waals surface area contributed by atoms with Crippen LogP contribution in [0.5, 0.6) is 0 Å². The van der Waals surface area contributed by atoms with Crippen LogP contribution in [0.25, 0.3) is 0 Å². The van der Waals surface area contributed by atoms with Gasteiger partial charge in [0.2, 0.25) is 5.91 Å². The Bertz CT molecular complexity index is 831. The van der Waals surface area contributed by atoms with Crippen LogP contribution in [0.15, 0.2) is 52.6 Å². The van der Waals surface area contributed by atoms with E-state index < -0.39 is 0 Å². The Labute approximate surface area is 148 Å². The summed E-state index contributed by atoms with van der Waals surface area (Å²) in [6.45, 7) is 0.516. The number of aromatic nitrogens is 2. The van der Waals surface area contributed by atoms with Crippen molar-refractivity contribution in [2.24, 2.45) is 0 Å². The largest absolute Gasteiger partial charge is 0.459 e. The Balaban J connectivity index is 1.44. The van der Waals surface area contributed by atoms with E-state index in [0.717, 1.165) is 5.69 Å². The molecule has 0 aliphatic rings. The predicted octanol–water partition coefficient (Wildman–Crippen LogP) is 2.28. The lowest BCUT2D eigenvalue weighted by Gasteiger charge is -2.03. The van der Waals surface area contributed by atoms with Crippen molar-refractivity contribution in [2.45, 2.75) is 12.8 Å². The molecule has 0 aromatic carbocycles. The molecule has 0 radical (unpaired) electrons. The summed E-state index contributed by atoms with van der Waals surface area (Å²) in [4.78, 5) is 32.3. The van der Waals surface area contributed by atoms with Gasteiger partial charge in [-0.1, -0.05) is 6.07 Å². The van der Waals surface area contributed by atoms with Crippen molar-refractivity contribution >= 4 is 28.3 Å². The van der Waals surface area contributed by atoms with E-state index in [1.54, 1.807) is 23.7 Å². The maximum atomic E-state index is 12.0. The van der Waals surface area contributed by atoms with Crippen LogP contribution in [-0.4, -0.2) is 28.3 Å². The van der Waals surface area contributed by atoms with Crippen LogP contribution < -0.4 is 10.6 Å². The summed E-state index contributed by atoms with van der Waals surface area (Å²) >= 11 is 1.26. The molecule has 0 unspecified atom stereocenters. The quantitative estimate of drug-likeness (QED) is 0.677. The van der Waals surface area contributed by atoms with E-state index in [0.29, 0.717) is 23.8 Å². The molecule has 2 N–H and O–H groups in total. The zero-order valence-electron chi connectivity index (χ0n) is 13.3. The monoisotopic (exact) mass is 356 g/mol. The molecule has 128 valence electrons. The fourth-order valence-electron chi connectivity index (χ4n) is 2.12. The van der Waals surface area contributed by atoms with Gasteiger partial charge in [-0.25, -0.2) is 4.98 Å². The number of amides is 2. The minimum Gasteiger partial charge on any atom is -0.459 e. The van der Waals surface area contributed by atoms with E-state index in [2.05, 4.69) is 20.6 Å². The number of pyridine rings is 1. The number of rotatable bonds is 7. The molecular formula is C17H16N4O3S. The molecule has 25 heavy (non-hydrogen) atoms. The number of carbonyl (C=O) groups excluding carboxylic acids is 2. The second-order valence-corrected chi connectivity index (χ2v) is 6.03. The molecule has 0 aliphatic heterocycles. The summed E-state index contributed by atoms with van der Waals surface area (Å²) in [6.07, 6.45) is 3.99. The van der Waals surface area contributed by atoms with Gasteiger partial charge in [0.1, 0.15) is 0 Å². The number of anilines is 1. The number of furan rings is 1. The van der Waals surface area contributed by atoms with Crippen LogP contribution in [0.1, 0.15) is 21.9 Å². The highest BCUT2D eigenvalue weighted by molar-refractivity contribution is 7.14. The SMILES string of the molecule is O=C(Cc1csc(NC(=O)c2ccco2)n1)NCCc1ccccn1. The summed E-state index contributed by atoms with van der Waals surface area (Å²) in [5.74, 6) is -0.278. The minimum absolute atomic E-state index is 0.120. The number of nitrogens with zero attached hydrogens (tertiary/aromatic N) is 2. The van der Waals surface area contributed by atoms with E-state index >= 15 is 0 Å². The first-order valence-electron chi connectivity index (χ1n) is 7.66. The molecule has 0 fully saturated rings.